The normalized spacial score (nSPS) is 10.3. The average Bonchev–Trinajstić information content (AvgIpc) is 2.55. The standard InChI is InChI=1S/C17H11FN4O/c18-13-3-1-2-10(6-13)16-14(7-12(8-19)17(20)22-16)11-4-5-15(23)21-9-11/h1-7,9H,(H2,20,22)(H,21,23). The predicted molar refractivity (Wildman–Crippen MR) is 84.8 cm³/mol. The zero-order valence-corrected chi connectivity index (χ0v) is 11.9. The van der Waals surface area contributed by atoms with Crippen LogP contribution >= 0.6 is 0 Å². The van der Waals surface area contributed by atoms with Gasteiger partial charge in [-0.1, -0.05) is 12.1 Å². The molecule has 3 rings (SSSR count). The number of aromatic amines is 1. The van der Waals surface area contributed by atoms with Crippen LogP contribution in [0.5, 0.6) is 0 Å². The highest BCUT2D eigenvalue weighted by molar-refractivity contribution is 5.83. The van der Waals surface area contributed by atoms with E-state index in [4.69, 9.17) is 11.0 Å². The summed E-state index contributed by atoms with van der Waals surface area (Å²) in [4.78, 5) is 18.1. The Bertz CT molecular complexity index is 968. The first-order chi connectivity index (χ1) is 11.1. The second kappa shape index (κ2) is 5.73. The molecule has 5 nitrogen and oxygen atoms in total. The molecule has 3 aromatic rings. The largest absolute Gasteiger partial charge is 0.383 e. The lowest BCUT2D eigenvalue weighted by Crippen LogP contribution is -2.03. The summed E-state index contributed by atoms with van der Waals surface area (Å²) in [6, 6.07) is 12.5. The molecule has 23 heavy (non-hydrogen) atoms. The first kappa shape index (κ1) is 14.5. The van der Waals surface area contributed by atoms with Gasteiger partial charge in [0.1, 0.15) is 17.7 Å². The summed E-state index contributed by atoms with van der Waals surface area (Å²) in [7, 11) is 0. The van der Waals surface area contributed by atoms with Crippen LogP contribution in [-0.4, -0.2) is 9.97 Å². The van der Waals surface area contributed by atoms with Gasteiger partial charge in [0, 0.05) is 29.0 Å². The highest BCUT2D eigenvalue weighted by atomic mass is 19.1. The van der Waals surface area contributed by atoms with Crippen molar-refractivity contribution >= 4 is 5.82 Å². The van der Waals surface area contributed by atoms with Crippen molar-refractivity contribution in [3.8, 4) is 28.5 Å². The Hall–Kier alpha value is -3.46. The number of nitrogens with two attached hydrogens (primary N) is 1. The van der Waals surface area contributed by atoms with Crippen LogP contribution < -0.4 is 11.3 Å². The molecule has 0 amide bonds. The van der Waals surface area contributed by atoms with E-state index < -0.39 is 5.82 Å². The molecule has 0 radical (unpaired) electrons. The smallest absolute Gasteiger partial charge is 0.247 e. The molecular formula is C17H11FN4O. The number of halogens is 1. The van der Waals surface area contributed by atoms with Crippen molar-refractivity contribution in [2.24, 2.45) is 0 Å². The van der Waals surface area contributed by atoms with Crippen molar-refractivity contribution in [3.63, 3.8) is 0 Å². The van der Waals surface area contributed by atoms with Crippen LogP contribution in [0.3, 0.4) is 0 Å². The Morgan fingerprint density at radius 3 is 2.65 bits per heavy atom. The number of hydrogen-bond donors (Lipinski definition) is 2. The van der Waals surface area contributed by atoms with Crippen molar-refractivity contribution in [1.29, 1.82) is 5.26 Å². The SMILES string of the molecule is N#Cc1cc(-c2ccc(=O)[nH]c2)c(-c2cccc(F)c2)nc1N. The molecule has 0 saturated carbocycles. The molecule has 6 heteroatoms. The summed E-state index contributed by atoms with van der Waals surface area (Å²) in [6.45, 7) is 0. The summed E-state index contributed by atoms with van der Waals surface area (Å²) in [5, 5.41) is 9.15. The second-order valence-electron chi connectivity index (χ2n) is 4.88. The van der Waals surface area contributed by atoms with Gasteiger partial charge < -0.3 is 10.7 Å². The number of rotatable bonds is 2. The van der Waals surface area contributed by atoms with Crippen LogP contribution in [0.2, 0.25) is 0 Å². The van der Waals surface area contributed by atoms with Crippen LogP contribution in [0.4, 0.5) is 10.2 Å². The van der Waals surface area contributed by atoms with Crippen molar-refractivity contribution in [2.45, 2.75) is 0 Å². The Kier molecular flexibility index (Phi) is 3.61. The van der Waals surface area contributed by atoms with E-state index in [1.165, 1.54) is 24.4 Å². The number of anilines is 1. The lowest BCUT2D eigenvalue weighted by Gasteiger charge is -2.11. The summed E-state index contributed by atoms with van der Waals surface area (Å²) < 4.78 is 13.5. The Balaban J connectivity index is 2.30. The van der Waals surface area contributed by atoms with E-state index in [1.54, 1.807) is 24.3 Å². The quantitative estimate of drug-likeness (QED) is 0.761. The van der Waals surface area contributed by atoms with Crippen LogP contribution in [0.25, 0.3) is 22.4 Å². The molecule has 0 spiro atoms. The van der Waals surface area contributed by atoms with Gasteiger partial charge in [-0.25, -0.2) is 9.37 Å². The number of pyridine rings is 2. The van der Waals surface area contributed by atoms with Gasteiger partial charge in [-0.15, -0.1) is 0 Å². The molecule has 0 saturated heterocycles. The number of nitrogens with zero attached hydrogens (tertiary/aromatic N) is 2. The average molecular weight is 306 g/mol. The van der Waals surface area contributed by atoms with Gasteiger partial charge in [0.05, 0.1) is 11.3 Å². The lowest BCUT2D eigenvalue weighted by atomic mass is 9.98. The second-order valence-corrected chi connectivity index (χ2v) is 4.88. The van der Waals surface area contributed by atoms with Gasteiger partial charge in [0.25, 0.3) is 0 Å². The van der Waals surface area contributed by atoms with Crippen molar-refractivity contribution in [3.05, 3.63) is 70.4 Å². The number of nitrogen functional groups attached to an aromatic ring is 1. The maximum Gasteiger partial charge on any atom is 0.247 e. The first-order valence-corrected chi connectivity index (χ1v) is 6.74. The van der Waals surface area contributed by atoms with E-state index in [-0.39, 0.29) is 16.9 Å². The van der Waals surface area contributed by atoms with Gasteiger partial charge in [-0.2, -0.15) is 5.26 Å². The third-order valence-corrected chi connectivity index (χ3v) is 3.37. The maximum atomic E-state index is 13.5. The molecule has 2 heterocycles. The molecule has 3 N–H and O–H groups in total. The monoisotopic (exact) mass is 306 g/mol. The molecule has 0 fully saturated rings. The highest BCUT2D eigenvalue weighted by Gasteiger charge is 2.14. The number of benzene rings is 1. The van der Waals surface area contributed by atoms with Crippen molar-refractivity contribution < 1.29 is 4.39 Å². The highest BCUT2D eigenvalue weighted by Crippen LogP contribution is 2.32. The third-order valence-electron chi connectivity index (χ3n) is 3.37. The molecule has 0 bridgehead atoms. The topological polar surface area (TPSA) is 95.6 Å². The summed E-state index contributed by atoms with van der Waals surface area (Å²) in [5.41, 5.74) is 7.96. The fraction of sp³-hybridized carbons (Fsp3) is 0. The Morgan fingerprint density at radius 2 is 2.00 bits per heavy atom. The number of H-pyrrole nitrogens is 1. The Labute approximate surface area is 130 Å². The van der Waals surface area contributed by atoms with Crippen molar-refractivity contribution in [1.82, 2.24) is 9.97 Å². The molecule has 0 aliphatic rings. The lowest BCUT2D eigenvalue weighted by molar-refractivity contribution is 0.628. The first-order valence-electron chi connectivity index (χ1n) is 6.74. The van der Waals surface area contributed by atoms with E-state index in [0.29, 0.717) is 22.4 Å². The number of nitrogens with one attached hydrogen (secondary N) is 1. The molecule has 0 aliphatic carbocycles. The molecule has 112 valence electrons. The summed E-state index contributed by atoms with van der Waals surface area (Å²) in [6.07, 6.45) is 1.51. The van der Waals surface area contributed by atoms with Gasteiger partial charge in [0.15, 0.2) is 0 Å². The number of hydrogen-bond acceptors (Lipinski definition) is 4. The molecule has 0 atom stereocenters. The van der Waals surface area contributed by atoms with Gasteiger partial charge in [0.2, 0.25) is 5.56 Å². The van der Waals surface area contributed by atoms with Crippen LogP contribution in [0.1, 0.15) is 5.56 Å². The van der Waals surface area contributed by atoms with E-state index in [9.17, 15) is 9.18 Å². The summed E-state index contributed by atoms with van der Waals surface area (Å²) >= 11 is 0. The third kappa shape index (κ3) is 2.80. The van der Waals surface area contributed by atoms with E-state index in [0.717, 1.165) is 0 Å². The minimum absolute atomic E-state index is 0.0694. The fourth-order valence-corrected chi connectivity index (χ4v) is 2.27. The van der Waals surface area contributed by atoms with Crippen LogP contribution in [-0.2, 0) is 0 Å². The maximum absolute atomic E-state index is 13.5. The molecule has 1 aromatic carbocycles. The van der Waals surface area contributed by atoms with Gasteiger partial charge in [-0.05, 0) is 24.3 Å². The minimum Gasteiger partial charge on any atom is -0.383 e. The summed E-state index contributed by atoms with van der Waals surface area (Å²) in [5.74, 6) is -0.334. The van der Waals surface area contributed by atoms with Crippen molar-refractivity contribution in [2.75, 3.05) is 5.73 Å². The van der Waals surface area contributed by atoms with E-state index in [2.05, 4.69) is 9.97 Å². The van der Waals surface area contributed by atoms with Gasteiger partial charge in [-0.3, -0.25) is 4.79 Å². The number of nitriles is 1. The number of aromatic nitrogens is 2. The van der Waals surface area contributed by atoms with Crippen LogP contribution in [0.15, 0.2) is 53.5 Å². The van der Waals surface area contributed by atoms with Gasteiger partial charge >= 0.3 is 0 Å². The predicted octanol–water partition coefficient (Wildman–Crippen LogP) is 2.70. The van der Waals surface area contributed by atoms with E-state index in [1.807, 2.05) is 6.07 Å². The molecular weight excluding hydrogens is 295 g/mol. The fourth-order valence-electron chi connectivity index (χ4n) is 2.27. The van der Waals surface area contributed by atoms with E-state index >= 15 is 0 Å². The zero-order chi connectivity index (χ0) is 16.4. The Morgan fingerprint density at radius 1 is 1.17 bits per heavy atom. The van der Waals surface area contributed by atoms with Crippen LogP contribution in [0, 0.1) is 17.1 Å². The minimum atomic E-state index is -0.403. The molecule has 2 aromatic heterocycles. The zero-order valence-electron chi connectivity index (χ0n) is 11.9. The molecule has 0 unspecified atom stereocenters. The molecule has 0 aliphatic heterocycles.